The lowest BCUT2D eigenvalue weighted by molar-refractivity contribution is 0.102. The smallest absolute Gasteiger partial charge is 0.261 e. The number of carbonyl (C=O) groups is 1. The van der Waals surface area contributed by atoms with E-state index in [-0.39, 0.29) is 11.5 Å². The van der Waals surface area contributed by atoms with E-state index in [2.05, 4.69) is 10.3 Å². The summed E-state index contributed by atoms with van der Waals surface area (Å²) in [6.07, 6.45) is 0. The molecule has 27 heavy (non-hydrogen) atoms. The fourth-order valence-electron chi connectivity index (χ4n) is 2.77. The van der Waals surface area contributed by atoms with Gasteiger partial charge in [-0.25, -0.2) is 4.99 Å². The van der Waals surface area contributed by atoms with E-state index in [4.69, 9.17) is 4.42 Å². The summed E-state index contributed by atoms with van der Waals surface area (Å²) in [5.41, 5.74) is 3.94. The highest BCUT2D eigenvalue weighted by Gasteiger charge is 2.13. The van der Waals surface area contributed by atoms with Crippen LogP contribution in [-0.2, 0) is 0 Å². The second-order valence-electron chi connectivity index (χ2n) is 6.27. The zero-order valence-electron chi connectivity index (χ0n) is 14.8. The van der Waals surface area contributed by atoms with E-state index in [1.54, 1.807) is 0 Å². The number of benzene rings is 3. The number of para-hydroxylation sites is 2. The first kappa shape index (κ1) is 16.8. The SMILES string of the molecule is Cc1ccc(N=c2oc3ccccc3cc2C(=O)Nc2ccccc2)cc1. The maximum Gasteiger partial charge on any atom is 0.261 e. The number of nitrogens with zero attached hydrogens (tertiary/aromatic N) is 1. The third kappa shape index (κ3) is 3.80. The van der Waals surface area contributed by atoms with Crippen molar-refractivity contribution in [2.75, 3.05) is 5.32 Å². The quantitative estimate of drug-likeness (QED) is 0.548. The van der Waals surface area contributed by atoms with Gasteiger partial charge >= 0.3 is 0 Å². The van der Waals surface area contributed by atoms with Crippen LogP contribution in [0.2, 0.25) is 0 Å². The second-order valence-corrected chi connectivity index (χ2v) is 6.27. The van der Waals surface area contributed by atoms with Crippen molar-refractivity contribution in [2.24, 2.45) is 4.99 Å². The Labute approximate surface area is 156 Å². The standard InChI is InChI=1S/C23H18N2O2/c1-16-11-13-19(14-12-16)25-23-20(15-17-7-5-6-10-21(17)27-23)22(26)24-18-8-3-2-4-9-18/h2-15H,1H3,(H,24,26). The molecule has 0 aliphatic rings. The Morgan fingerprint density at radius 2 is 1.59 bits per heavy atom. The van der Waals surface area contributed by atoms with Gasteiger partial charge in [-0.05, 0) is 43.3 Å². The Kier molecular flexibility index (Phi) is 4.54. The third-order valence-electron chi connectivity index (χ3n) is 4.20. The molecule has 3 aromatic carbocycles. The summed E-state index contributed by atoms with van der Waals surface area (Å²) in [4.78, 5) is 17.5. The number of hydrogen-bond acceptors (Lipinski definition) is 3. The highest BCUT2D eigenvalue weighted by atomic mass is 16.3. The number of amides is 1. The van der Waals surface area contributed by atoms with E-state index in [0.29, 0.717) is 11.1 Å². The summed E-state index contributed by atoms with van der Waals surface area (Å²) in [7, 11) is 0. The van der Waals surface area contributed by atoms with Gasteiger partial charge in [0.2, 0.25) is 5.55 Å². The average molecular weight is 354 g/mol. The number of rotatable bonds is 3. The lowest BCUT2D eigenvalue weighted by atomic mass is 10.1. The molecule has 0 fully saturated rings. The van der Waals surface area contributed by atoms with E-state index >= 15 is 0 Å². The monoisotopic (exact) mass is 354 g/mol. The maximum absolute atomic E-state index is 12.9. The van der Waals surface area contributed by atoms with Crippen LogP contribution in [0.15, 0.2) is 94.3 Å². The first-order valence-electron chi connectivity index (χ1n) is 8.70. The van der Waals surface area contributed by atoms with E-state index < -0.39 is 0 Å². The average Bonchev–Trinajstić information content (AvgIpc) is 2.70. The summed E-state index contributed by atoms with van der Waals surface area (Å²) in [5.74, 6) is -0.262. The molecule has 4 heteroatoms. The van der Waals surface area contributed by atoms with Crippen LogP contribution in [0.5, 0.6) is 0 Å². The fraction of sp³-hybridized carbons (Fsp3) is 0.0435. The molecule has 1 aromatic heterocycles. The number of aryl methyl sites for hydroxylation is 1. The molecule has 0 unspecified atom stereocenters. The van der Waals surface area contributed by atoms with Crippen molar-refractivity contribution < 1.29 is 9.21 Å². The molecule has 0 bridgehead atoms. The van der Waals surface area contributed by atoms with Crippen LogP contribution in [0.1, 0.15) is 15.9 Å². The summed E-state index contributed by atoms with van der Waals surface area (Å²) in [6.45, 7) is 2.02. The van der Waals surface area contributed by atoms with E-state index in [1.165, 1.54) is 0 Å². The number of nitrogens with one attached hydrogen (secondary N) is 1. The van der Waals surface area contributed by atoms with Gasteiger partial charge in [-0.3, -0.25) is 4.79 Å². The minimum atomic E-state index is -0.262. The maximum atomic E-state index is 12.9. The Hall–Kier alpha value is -3.66. The third-order valence-corrected chi connectivity index (χ3v) is 4.20. The molecule has 0 aliphatic carbocycles. The van der Waals surface area contributed by atoms with Crippen LogP contribution >= 0.6 is 0 Å². The van der Waals surface area contributed by atoms with Crippen LogP contribution in [0.25, 0.3) is 11.0 Å². The number of anilines is 1. The summed E-state index contributed by atoms with van der Waals surface area (Å²) in [6, 6.07) is 26.5. The Morgan fingerprint density at radius 1 is 0.889 bits per heavy atom. The second kappa shape index (κ2) is 7.30. The van der Waals surface area contributed by atoms with Gasteiger partial charge in [-0.2, -0.15) is 0 Å². The van der Waals surface area contributed by atoms with Crippen molar-refractivity contribution in [3.63, 3.8) is 0 Å². The van der Waals surface area contributed by atoms with E-state index in [0.717, 1.165) is 22.3 Å². The summed E-state index contributed by atoms with van der Waals surface area (Å²) < 4.78 is 5.96. The lowest BCUT2D eigenvalue weighted by Crippen LogP contribution is -2.21. The van der Waals surface area contributed by atoms with Gasteiger partial charge in [0, 0.05) is 11.1 Å². The van der Waals surface area contributed by atoms with Crippen molar-refractivity contribution in [1.29, 1.82) is 0 Å². The molecule has 4 rings (SSSR count). The Balaban J connectivity index is 1.84. The van der Waals surface area contributed by atoms with Crippen LogP contribution in [0.3, 0.4) is 0 Å². The molecular weight excluding hydrogens is 336 g/mol. The number of carbonyl (C=O) groups excluding carboxylic acids is 1. The van der Waals surface area contributed by atoms with Gasteiger partial charge in [-0.1, -0.05) is 54.1 Å². The van der Waals surface area contributed by atoms with E-state index in [9.17, 15) is 4.79 Å². The molecule has 1 heterocycles. The summed E-state index contributed by atoms with van der Waals surface area (Å²) >= 11 is 0. The van der Waals surface area contributed by atoms with Crippen LogP contribution in [0.4, 0.5) is 11.4 Å². The Bertz CT molecular complexity index is 1160. The van der Waals surface area contributed by atoms with Gasteiger partial charge in [-0.15, -0.1) is 0 Å². The predicted molar refractivity (Wildman–Crippen MR) is 107 cm³/mol. The largest absolute Gasteiger partial charge is 0.438 e. The number of fused-ring (bicyclic) bond motifs is 1. The molecule has 0 radical (unpaired) electrons. The van der Waals surface area contributed by atoms with Crippen LogP contribution < -0.4 is 10.9 Å². The van der Waals surface area contributed by atoms with Gasteiger partial charge in [0.05, 0.1) is 5.69 Å². The van der Waals surface area contributed by atoms with Crippen molar-refractivity contribution in [3.8, 4) is 0 Å². The molecule has 4 nitrogen and oxygen atoms in total. The summed E-state index contributed by atoms with van der Waals surface area (Å²) in [5, 5.41) is 3.75. The van der Waals surface area contributed by atoms with Crippen molar-refractivity contribution in [1.82, 2.24) is 0 Å². The van der Waals surface area contributed by atoms with Gasteiger partial charge < -0.3 is 9.73 Å². The van der Waals surface area contributed by atoms with Crippen LogP contribution in [-0.4, -0.2) is 5.91 Å². The minimum Gasteiger partial charge on any atom is -0.438 e. The van der Waals surface area contributed by atoms with Gasteiger partial charge in [0.1, 0.15) is 11.1 Å². The molecule has 132 valence electrons. The van der Waals surface area contributed by atoms with E-state index in [1.807, 2.05) is 91.9 Å². The first-order chi connectivity index (χ1) is 13.2. The molecule has 1 N–H and O–H groups in total. The zero-order valence-corrected chi connectivity index (χ0v) is 14.8. The zero-order chi connectivity index (χ0) is 18.6. The highest BCUT2D eigenvalue weighted by Crippen LogP contribution is 2.16. The van der Waals surface area contributed by atoms with Crippen molar-refractivity contribution in [2.45, 2.75) is 6.92 Å². The Morgan fingerprint density at radius 3 is 2.37 bits per heavy atom. The molecule has 0 saturated heterocycles. The van der Waals surface area contributed by atoms with Crippen molar-refractivity contribution in [3.05, 3.63) is 102 Å². The fourth-order valence-corrected chi connectivity index (χ4v) is 2.77. The van der Waals surface area contributed by atoms with Gasteiger partial charge in [0.15, 0.2) is 0 Å². The van der Waals surface area contributed by atoms with Crippen molar-refractivity contribution >= 4 is 28.3 Å². The van der Waals surface area contributed by atoms with Gasteiger partial charge in [0.25, 0.3) is 5.91 Å². The molecule has 0 spiro atoms. The molecule has 1 amide bonds. The molecule has 0 aliphatic heterocycles. The highest BCUT2D eigenvalue weighted by molar-refractivity contribution is 6.05. The molecule has 4 aromatic rings. The molecule has 0 atom stereocenters. The molecule has 0 saturated carbocycles. The predicted octanol–water partition coefficient (Wildman–Crippen LogP) is 5.23. The molecular formula is C23H18N2O2. The number of hydrogen-bond donors (Lipinski definition) is 1. The van der Waals surface area contributed by atoms with Crippen LogP contribution in [0, 0.1) is 6.92 Å². The first-order valence-corrected chi connectivity index (χ1v) is 8.70. The lowest BCUT2D eigenvalue weighted by Gasteiger charge is -2.07. The topological polar surface area (TPSA) is 54.6 Å². The minimum absolute atomic E-state index is 0.262. The normalized spacial score (nSPS) is 11.5.